The average Bonchev–Trinajstić information content (AvgIpc) is 3.09. The Morgan fingerprint density at radius 1 is 1.21 bits per heavy atom. The molecule has 7 heteroatoms. The zero-order valence-electron chi connectivity index (χ0n) is 14.4. The third-order valence-corrected chi connectivity index (χ3v) is 4.48. The zero-order chi connectivity index (χ0) is 18.2. The van der Waals surface area contributed by atoms with Gasteiger partial charge in [0, 0.05) is 19.8 Å². The highest BCUT2D eigenvalue weighted by Gasteiger charge is 2.65. The fourth-order valence-corrected chi connectivity index (χ4v) is 3.00. The summed E-state index contributed by atoms with van der Waals surface area (Å²) in [5.41, 5.74) is 0.174. The predicted octanol–water partition coefficient (Wildman–Crippen LogP) is 1.69. The number of aliphatic carboxylic acids is 1. The summed E-state index contributed by atoms with van der Waals surface area (Å²) in [5, 5.41) is 11.9. The van der Waals surface area contributed by atoms with E-state index in [9.17, 15) is 19.5 Å². The molecular formula is C17H22N2O5. The first kappa shape index (κ1) is 17.8. The number of carboxylic acids is 1. The highest BCUT2D eigenvalue weighted by Crippen LogP contribution is 2.58. The number of rotatable bonds is 5. The summed E-state index contributed by atoms with van der Waals surface area (Å²) in [6.07, 6.45) is 0. The molecule has 2 rings (SSSR count). The maximum absolute atomic E-state index is 12.4. The number of anilines is 1. The van der Waals surface area contributed by atoms with E-state index in [1.165, 1.54) is 18.1 Å². The Labute approximate surface area is 140 Å². The molecule has 0 spiro atoms. The van der Waals surface area contributed by atoms with Gasteiger partial charge in [0.1, 0.15) is 5.75 Å². The van der Waals surface area contributed by atoms with Crippen molar-refractivity contribution in [3.8, 4) is 5.75 Å². The molecule has 24 heavy (non-hydrogen) atoms. The van der Waals surface area contributed by atoms with Gasteiger partial charge < -0.3 is 20.1 Å². The van der Waals surface area contributed by atoms with E-state index in [4.69, 9.17) is 4.74 Å². The van der Waals surface area contributed by atoms with Crippen LogP contribution in [0.2, 0.25) is 0 Å². The van der Waals surface area contributed by atoms with E-state index >= 15 is 0 Å². The Balaban J connectivity index is 2.22. The Morgan fingerprint density at radius 2 is 1.83 bits per heavy atom. The number of carboxylic acid groups (broad SMARTS) is 1. The molecule has 7 nitrogen and oxygen atoms in total. The molecule has 1 saturated carbocycles. The van der Waals surface area contributed by atoms with Crippen molar-refractivity contribution in [3.63, 3.8) is 0 Å². The number of amides is 2. The lowest BCUT2D eigenvalue weighted by molar-refractivity contribution is -0.140. The van der Waals surface area contributed by atoms with Crippen LogP contribution in [0, 0.1) is 17.3 Å². The van der Waals surface area contributed by atoms with E-state index in [0.29, 0.717) is 17.0 Å². The molecule has 0 unspecified atom stereocenters. The van der Waals surface area contributed by atoms with Crippen LogP contribution in [0.25, 0.3) is 0 Å². The van der Waals surface area contributed by atoms with Crippen LogP contribution in [0.5, 0.6) is 5.75 Å². The number of ether oxygens (including phenoxy) is 1. The van der Waals surface area contributed by atoms with Crippen LogP contribution in [-0.4, -0.2) is 49.0 Å². The van der Waals surface area contributed by atoms with E-state index in [0.717, 1.165) is 0 Å². The SMILES string of the molecule is COc1ccc(NC(=O)[C@@H]2[C@@H](C(=O)O)C2(C)C)cc1C(=O)N(C)C. The lowest BCUT2D eigenvalue weighted by Gasteiger charge is -2.15. The summed E-state index contributed by atoms with van der Waals surface area (Å²) in [5.74, 6) is -2.47. The summed E-state index contributed by atoms with van der Waals surface area (Å²) in [6.45, 7) is 3.51. The summed E-state index contributed by atoms with van der Waals surface area (Å²) in [4.78, 5) is 37.2. The fourth-order valence-electron chi connectivity index (χ4n) is 3.00. The Kier molecular flexibility index (Phi) is 4.55. The van der Waals surface area contributed by atoms with Crippen LogP contribution in [0.4, 0.5) is 5.69 Å². The number of carbonyl (C=O) groups is 3. The van der Waals surface area contributed by atoms with E-state index in [-0.39, 0.29) is 11.8 Å². The van der Waals surface area contributed by atoms with E-state index in [1.807, 2.05) is 0 Å². The third kappa shape index (κ3) is 3.06. The Hall–Kier alpha value is -2.57. The molecular weight excluding hydrogens is 312 g/mol. The second-order valence-electron chi connectivity index (χ2n) is 6.72. The van der Waals surface area contributed by atoms with Gasteiger partial charge >= 0.3 is 5.97 Å². The van der Waals surface area contributed by atoms with Gasteiger partial charge in [-0.1, -0.05) is 13.8 Å². The number of methoxy groups -OCH3 is 1. The third-order valence-electron chi connectivity index (χ3n) is 4.48. The van der Waals surface area contributed by atoms with Gasteiger partial charge in [-0.3, -0.25) is 14.4 Å². The molecule has 0 bridgehead atoms. The normalized spacial score (nSPS) is 20.9. The molecule has 1 aliphatic rings. The molecule has 0 aliphatic heterocycles. The average molecular weight is 334 g/mol. The van der Waals surface area contributed by atoms with Gasteiger partial charge in [-0.15, -0.1) is 0 Å². The smallest absolute Gasteiger partial charge is 0.307 e. The van der Waals surface area contributed by atoms with Crippen molar-refractivity contribution in [1.29, 1.82) is 0 Å². The standard InChI is InChI=1S/C17H22N2O5/c1-17(2)12(13(17)16(22)23)14(20)18-9-6-7-11(24-5)10(8-9)15(21)19(3)4/h6-8,12-13H,1-5H3,(H,18,20)(H,22,23)/t12-,13-/m0/s1. The van der Waals surface area contributed by atoms with Crippen LogP contribution in [0.15, 0.2) is 18.2 Å². The van der Waals surface area contributed by atoms with Gasteiger partial charge in [0.15, 0.2) is 0 Å². The van der Waals surface area contributed by atoms with Crippen molar-refractivity contribution in [1.82, 2.24) is 4.90 Å². The molecule has 1 aromatic carbocycles. The molecule has 0 radical (unpaired) electrons. The highest BCUT2D eigenvalue weighted by atomic mass is 16.5. The monoisotopic (exact) mass is 334 g/mol. The van der Waals surface area contributed by atoms with Crippen molar-refractivity contribution >= 4 is 23.5 Å². The van der Waals surface area contributed by atoms with E-state index in [2.05, 4.69) is 5.32 Å². The minimum absolute atomic E-state index is 0.252. The molecule has 1 aliphatic carbocycles. The van der Waals surface area contributed by atoms with E-state index < -0.39 is 23.2 Å². The first-order valence-corrected chi connectivity index (χ1v) is 7.54. The van der Waals surface area contributed by atoms with Crippen molar-refractivity contribution in [2.75, 3.05) is 26.5 Å². The molecule has 1 fully saturated rings. The number of benzene rings is 1. The Bertz CT molecular complexity index is 696. The second kappa shape index (κ2) is 6.14. The molecule has 1 aromatic rings. The second-order valence-corrected chi connectivity index (χ2v) is 6.72. The molecule has 2 amide bonds. The summed E-state index contributed by atoms with van der Waals surface area (Å²) in [7, 11) is 4.71. The largest absolute Gasteiger partial charge is 0.496 e. The molecule has 2 atom stereocenters. The quantitative estimate of drug-likeness (QED) is 0.854. The van der Waals surface area contributed by atoms with Crippen LogP contribution < -0.4 is 10.1 Å². The van der Waals surface area contributed by atoms with Gasteiger partial charge in [-0.25, -0.2) is 0 Å². The highest BCUT2D eigenvalue weighted by molar-refractivity contribution is 6.02. The van der Waals surface area contributed by atoms with Gasteiger partial charge in [0.2, 0.25) is 5.91 Å². The summed E-state index contributed by atoms with van der Waals surface area (Å²) < 4.78 is 5.18. The van der Waals surface area contributed by atoms with Crippen molar-refractivity contribution in [3.05, 3.63) is 23.8 Å². The van der Waals surface area contributed by atoms with Crippen LogP contribution in [0.1, 0.15) is 24.2 Å². The lowest BCUT2D eigenvalue weighted by Crippen LogP contribution is -2.23. The minimum Gasteiger partial charge on any atom is -0.496 e. The molecule has 0 aromatic heterocycles. The maximum atomic E-state index is 12.4. The Morgan fingerprint density at radius 3 is 2.29 bits per heavy atom. The van der Waals surface area contributed by atoms with Gasteiger partial charge in [0.25, 0.3) is 5.91 Å². The van der Waals surface area contributed by atoms with Gasteiger partial charge in [-0.2, -0.15) is 0 Å². The van der Waals surface area contributed by atoms with Crippen molar-refractivity contribution in [2.45, 2.75) is 13.8 Å². The minimum atomic E-state index is -0.974. The first-order chi connectivity index (χ1) is 11.1. The fraction of sp³-hybridized carbons (Fsp3) is 0.471. The van der Waals surface area contributed by atoms with Crippen LogP contribution in [-0.2, 0) is 9.59 Å². The molecule has 130 valence electrons. The van der Waals surface area contributed by atoms with Crippen LogP contribution in [0.3, 0.4) is 0 Å². The summed E-state index contributed by atoms with van der Waals surface area (Å²) >= 11 is 0. The van der Waals surface area contributed by atoms with Crippen molar-refractivity contribution < 1.29 is 24.2 Å². The molecule has 0 heterocycles. The zero-order valence-corrected chi connectivity index (χ0v) is 14.4. The number of hydrogen-bond acceptors (Lipinski definition) is 4. The molecule has 2 N–H and O–H groups in total. The van der Waals surface area contributed by atoms with Crippen LogP contribution >= 0.6 is 0 Å². The topological polar surface area (TPSA) is 95.9 Å². The number of nitrogens with one attached hydrogen (secondary N) is 1. The molecule has 0 saturated heterocycles. The maximum Gasteiger partial charge on any atom is 0.307 e. The lowest BCUT2D eigenvalue weighted by atomic mass is 10.1. The predicted molar refractivity (Wildman–Crippen MR) is 88.0 cm³/mol. The van der Waals surface area contributed by atoms with Crippen molar-refractivity contribution in [2.24, 2.45) is 17.3 Å². The number of nitrogens with zero attached hydrogens (tertiary/aromatic N) is 1. The first-order valence-electron chi connectivity index (χ1n) is 7.54. The summed E-state index contributed by atoms with van der Waals surface area (Å²) in [6, 6.07) is 4.75. The van der Waals surface area contributed by atoms with Gasteiger partial charge in [-0.05, 0) is 23.6 Å². The van der Waals surface area contributed by atoms with Gasteiger partial charge in [0.05, 0.1) is 24.5 Å². The number of carbonyl (C=O) groups excluding carboxylic acids is 2. The van der Waals surface area contributed by atoms with E-state index in [1.54, 1.807) is 40.1 Å². The number of hydrogen-bond donors (Lipinski definition) is 2.